The first-order valence-electron chi connectivity index (χ1n) is 5.48. The largest absolute Gasteiger partial charge is 0.457 e. The first kappa shape index (κ1) is 13.0. The molecule has 90 valence electrons. The van der Waals surface area contributed by atoms with Crippen molar-refractivity contribution in [2.75, 3.05) is 0 Å². The molecule has 0 radical (unpaired) electrons. The summed E-state index contributed by atoms with van der Waals surface area (Å²) in [5.41, 5.74) is 7.49. The zero-order chi connectivity index (χ0) is 12.7. The van der Waals surface area contributed by atoms with E-state index in [9.17, 15) is 4.79 Å². The van der Waals surface area contributed by atoms with E-state index in [-0.39, 0.29) is 6.61 Å². The zero-order valence-corrected chi connectivity index (χ0v) is 10.1. The zero-order valence-electron chi connectivity index (χ0n) is 10.1. The first-order chi connectivity index (χ1) is 8.19. The Kier molecular flexibility index (Phi) is 5.01. The smallest absolute Gasteiger partial charge is 0.340 e. The molecule has 0 aliphatic carbocycles. The van der Waals surface area contributed by atoms with Crippen LogP contribution in [0.3, 0.4) is 0 Å². The highest BCUT2D eigenvalue weighted by Crippen LogP contribution is 2.09. The van der Waals surface area contributed by atoms with Crippen molar-refractivity contribution in [1.82, 2.24) is 0 Å². The molecule has 1 rings (SSSR count). The van der Waals surface area contributed by atoms with Gasteiger partial charge in [0, 0.05) is 5.70 Å². The monoisotopic (exact) mass is 231 g/mol. The van der Waals surface area contributed by atoms with Crippen LogP contribution in [0, 0.1) is 0 Å². The third-order valence-corrected chi connectivity index (χ3v) is 2.34. The van der Waals surface area contributed by atoms with Gasteiger partial charge in [0.25, 0.3) is 0 Å². The molecule has 0 aromatic heterocycles. The predicted octanol–water partition coefficient (Wildman–Crippen LogP) is 2.54. The average molecular weight is 231 g/mol. The van der Waals surface area contributed by atoms with E-state index in [1.165, 1.54) is 0 Å². The standard InChI is InChI=1S/C14H17NO2/c1-3-12(13(15)4-2)14(16)17-10-11-8-6-5-7-9-11/h3-9H,10,15H2,1-2H3/b12-3+,13-4+. The Morgan fingerprint density at radius 2 is 1.88 bits per heavy atom. The van der Waals surface area contributed by atoms with E-state index in [2.05, 4.69) is 0 Å². The lowest BCUT2D eigenvalue weighted by Gasteiger charge is -2.08. The van der Waals surface area contributed by atoms with Crippen LogP contribution in [-0.4, -0.2) is 5.97 Å². The SMILES string of the molecule is C/C=C(N)\C(=C/C)C(=O)OCc1ccccc1. The molecule has 0 fully saturated rings. The summed E-state index contributed by atoms with van der Waals surface area (Å²) in [4.78, 5) is 11.7. The van der Waals surface area contributed by atoms with Crippen LogP contribution < -0.4 is 5.73 Å². The van der Waals surface area contributed by atoms with Gasteiger partial charge in [-0.3, -0.25) is 0 Å². The number of esters is 1. The Morgan fingerprint density at radius 1 is 1.24 bits per heavy atom. The van der Waals surface area contributed by atoms with Crippen molar-refractivity contribution < 1.29 is 9.53 Å². The van der Waals surface area contributed by atoms with E-state index in [1.807, 2.05) is 30.3 Å². The number of carbonyl (C=O) groups is 1. The first-order valence-corrected chi connectivity index (χ1v) is 5.48. The molecule has 1 aromatic carbocycles. The highest BCUT2D eigenvalue weighted by Gasteiger charge is 2.12. The summed E-state index contributed by atoms with van der Waals surface area (Å²) in [5, 5.41) is 0. The van der Waals surface area contributed by atoms with E-state index in [0.717, 1.165) is 5.56 Å². The fourth-order valence-corrected chi connectivity index (χ4v) is 1.36. The second-order valence-electron chi connectivity index (χ2n) is 3.51. The third-order valence-electron chi connectivity index (χ3n) is 2.34. The van der Waals surface area contributed by atoms with Crippen molar-refractivity contribution in [3.05, 3.63) is 59.3 Å². The lowest BCUT2D eigenvalue weighted by molar-refractivity contribution is -0.140. The second kappa shape index (κ2) is 6.53. The van der Waals surface area contributed by atoms with Gasteiger partial charge in [0.1, 0.15) is 6.61 Å². The minimum Gasteiger partial charge on any atom is -0.457 e. The van der Waals surface area contributed by atoms with Gasteiger partial charge >= 0.3 is 5.97 Å². The summed E-state index contributed by atoms with van der Waals surface area (Å²) >= 11 is 0. The second-order valence-corrected chi connectivity index (χ2v) is 3.51. The van der Waals surface area contributed by atoms with Crippen LogP contribution in [0.25, 0.3) is 0 Å². The Hall–Kier alpha value is -2.03. The quantitative estimate of drug-likeness (QED) is 0.492. The number of ether oxygens (including phenoxy) is 1. The van der Waals surface area contributed by atoms with E-state index in [0.29, 0.717) is 11.3 Å². The Bertz CT molecular complexity index is 433. The van der Waals surface area contributed by atoms with E-state index in [4.69, 9.17) is 10.5 Å². The molecule has 1 aromatic rings. The van der Waals surface area contributed by atoms with Crippen LogP contribution in [0.15, 0.2) is 53.8 Å². The van der Waals surface area contributed by atoms with Gasteiger partial charge in [0.05, 0.1) is 5.57 Å². The molecule has 0 unspecified atom stereocenters. The normalized spacial score (nSPS) is 12.4. The van der Waals surface area contributed by atoms with Crippen molar-refractivity contribution >= 4 is 5.97 Å². The molecule has 0 atom stereocenters. The average Bonchev–Trinajstić information content (AvgIpc) is 2.38. The fourth-order valence-electron chi connectivity index (χ4n) is 1.36. The highest BCUT2D eigenvalue weighted by molar-refractivity contribution is 5.92. The molecule has 0 bridgehead atoms. The predicted molar refractivity (Wildman–Crippen MR) is 67.9 cm³/mol. The maximum atomic E-state index is 11.7. The summed E-state index contributed by atoms with van der Waals surface area (Å²) in [6.45, 7) is 3.80. The third kappa shape index (κ3) is 3.79. The lowest BCUT2D eigenvalue weighted by atomic mass is 10.2. The number of carbonyl (C=O) groups excluding carboxylic acids is 1. The van der Waals surface area contributed by atoms with Crippen LogP contribution in [-0.2, 0) is 16.1 Å². The number of hydrogen-bond donors (Lipinski definition) is 1. The molecule has 0 aliphatic heterocycles. The Labute approximate surface area is 102 Å². The van der Waals surface area contributed by atoms with Crippen molar-refractivity contribution in [1.29, 1.82) is 0 Å². The van der Waals surface area contributed by atoms with Crippen LogP contribution >= 0.6 is 0 Å². The summed E-state index contributed by atoms with van der Waals surface area (Å²) in [7, 11) is 0. The molecule has 3 heteroatoms. The van der Waals surface area contributed by atoms with Gasteiger partial charge < -0.3 is 10.5 Å². The molecule has 0 aliphatic rings. The number of hydrogen-bond acceptors (Lipinski definition) is 3. The highest BCUT2D eigenvalue weighted by atomic mass is 16.5. The molecule has 0 heterocycles. The minimum atomic E-state index is -0.396. The molecule has 2 N–H and O–H groups in total. The topological polar surface area (TPSA) is 52.3 Å². The van der Waals surface area contributed by atoms with Gasteiger partial charge in [-0.15, -0.1) is 0 Å². The van der Waals surface area contributed by atoms with E-state index >= 15 is 0 Å². The van der Waals surface area contributed by atoms with Crippen LogP contribution in [0.5, 0.6) is 0 Å². The number of nitrogens with two attached hydrogens (primary N) is 1. The molecule has 0 amide bonds. The molecule has 0 spiro atoms. The van der Waals surface area contributed by atoms with Gasteiger partial charge in [0.15, 0.2) is 0 Å². The molecular formula is C14H17NO2. The van der Waals surface area contributed by atoms with Crippen LogP contribution in [0.2, 0.25) is 0 Å². The van der Waals surface area contributed by atoms with Crippen molar-refractivity contribution in [3.63, 3.8) is 0 Å². The van der Waals surface area contributed by atoms with E-state index < -0.39 is 5.97 Å². The number of allylic oxidation sites excluding steroid dienone is 2. The molecule has 0 saturated carbocycles. The minimum absolute atomic E-state index is 0.258. The van der Waals surface area contributed by atoms with Crippen LogP contribution in [0.1, 0.15) is 19.4 Å². The van der Waals surface area contributed by atoms with Crippen molar-refractivity contribution in [2.45, 2.75) is 20.5 Å². The van der Waals surface area contributed by atoms with E-state index in [1.54, 1.807) is 26.0 Å². The summed E-state index contributed by atoms with van der Waals surface area (Å²) < 4.78 is 5.18. The van der Waals surface area contributed by atoms with Gasteiger partial charge in [0.2, 0.25) is 0 Å². The van der Waals surface area contributed by atoms with Gasteiger partial charge in [-0.2, -0.15) is 0 Å². The van der Waals surface area contributed by atoms with Gasteiger partial charge in [-0.25, -0.2) is 4.79 Å². The molecule has 3 nitrogen and oxygen atoms in total. The maximum Gasteiger partial charge on any atom is 0.340 e. The fraction of sp³-hybridized carbons (Fsp3) is 0.214. The number of benzene rings is 1. The molecule has 0 saturated heterocycles. The Morgan fingerprint density at radius 3 is 2.41 bits per heavy atom. The van der Waals surface area contributed by atoms with Crippen LogP contribution in [0.4, 0.5) is 0 Å². The van der Waals surface area contributed by atoms with Gasteiger partial charge in [-0.05, 0) is 19.4 Å². The van der Waals surface area contributed by atoms with Gasteiger partial charge in [-0.1, -0.05) is 42.5 Å². The van der Waals surface area contributed by atoms with Crippen molar-refractivity contribution in [3.8, 4) is 0 Å². The van der Waals surface area contributed by atoms with Crippen molar-refractivity contribution in [2.24, 2.45) is 5.73 Å². The lowest BCUT2D eigenvalue weighted by Crippen LogP contribution is -2.14. The molecule has 17 heavy (non-hydrogen) atoms. The summed E-state index contributed by atoms with van der Waals surface area (Å²) in [6, 6.07) is 9.53. The summed E-state index contributed by atoms with van der Waals surface area (Å²) in [6.07, 6.45) is 3.34. The summed E-state index contributed by atoms with van der Waals surface area (Å²) in [5.74, 6) is -0.396. The number of rotatable bonds is 4. The molecular weight excluding hydrogens is 214 g/mol. The Balaban J connectivity index is 2.61. The maximum absolute atomic E-state index is 11.7.